The summed E-state index contributed by atoms with van der Waals surface area (Å²) in [5.41, 5.74) is 0.0688. The summed E-state index contributed by atoms with van der Waals surface area (Å²) in [4.78, 5) is 0. The topological polar surface area (TPSA) is 23.8 Å². The Balaban J connectivity index is 1.92. The van der Waals surface area contributed by atoms with Gasteiger partial charge in [-0.25, -0.2) is 0 Å². The van der Waals surface area contributed by atoms with Crippen LogP contribution in [0, 0.1) is 34.5 Å². The largest absolute Gasteiger partial charge is 0.198 e. The van der Waals surface area contributed by atoms with Crippen molar-refractivity contribution < 1.29 is 0 Å². The molecule has 1 nitrogen and oxygen atoms in total. The quantitative estimate of drug-likeness (QED) is 0.538. The second-order valence-electron chi connectivity index (χ2n) is 7.54. The zero-order valence-electron chi connectivity index (χ0n) is 13.7. The van der Waals surface area contributed by atoms with Crippen molar-refractivity contribution in [3.05, 3.63) is 0 Å². The minimum atomic E-state index is 0.0688. The summed E-state index contributed by atoms with van der Waals surface area (Å²) in [6, 6.07) is 2.80. The first-order valence-electron chi connectivity index (χ1n) is 9.15. The summed E-state index contributed by atoms with van der Waals surface area (Å²) in [7, 11) is 0. The lowest BCUT2D eigenvalue weighted by atomic mass is 9.55. The van der Waals surface area contributed by atoms with Gasteiger partial charge < -0.3 is 0 Å². The fourth-order valence-electron chi connectivity index (χ4n) is 4.92. The highest BCUT2D eigenvalue weighted by molar-refractivity contribution is 5.08. The molecule has 2 aliphatic carbocycles. The van der Waals surface area contributed by atoms with Crippen LogP contribution in [0.2, 0.25) is 0 Å². The van der Waals surface area contributed by atoms with Gasteiger partial charge in [0.05, 0.1) is 11.5 Å². The number of rotatable bonds is 6. The molecule has 0 aromatic rings. The minimum Gasteiger partial charge on any atom is -0.198 e. The first-order valence-corrected chi connectivity index (χ1v) is 9.15. The first-order chi connectivity index (χ1) is 9.74. The van der Waals surface area contributed by atoms with Gasteiger partial charge in [0.2, 0.25) is 0 Å². The molecule has 0 N–H and O–H groups in total. The summed E-state index contributed by atoms with van der Waals surface area (Å²) in [6.07, 6.45) is 16.0. The Morgan fingerprint density at radius 1 is 1.00 bits per heavy atom. The molecule has 2 rings (SSSR count). The van der Waals surface area contributed by atoms with Crippen molar-refractivity contribution in [1.82, 2.24) is 0 Å². The van der Waals surface area contributed by atoms with Crippen molar-refractivity contribution in [2.24, 2.45) is 23.2 Å². The lowest BCUT2D eigenvalue weighted by molar-refractivity contribution is 0.0370. The molecule has 2 fully saturated rings. The summed E-state index contributed by atoms with van der Waals surface area (Å²) in [5, 5.41) is 9.83. The predicted octanol–water partition coefficient (Wildman–Crippen LogP) is 6.09. The number of unbranched alkanes of at least 4 members (excludes halogenated alkanes) is 2. The molecule has 0 bridgehead atoms. The Morgan fingerprint density at radius 2 is 1.85 bits per heavy atom. The van der Waals surface area contributed by atoms with Crippen LogP contribution in [0.25, 0.3) is 0 Å². The van der Waals surface area contributed by atoms with Crippen LogP contribution >= 0.6 is 0 Å². The number of nitriles is 1. The van der Waals surface area contributed by atoms with Gasteiger partial charge in [-0.05, 0) is 49.9 Å². The van der Waals surface area contributed by atoms with Gasteiger partial charge in [0.15, 0.2) is 0 Å². The molecule has 2 saturated carbocycles. The molecule has 0 radical (unpaired) electrons. The van der Waals surface area contributed by atoms with Crippen LogP contribution in [0.3, 0.4) is 0 Å². The average Bonchev–Trinajstić information content (AvgIpc) is 2.48. The molecule has 0 aliphatic heterocycles. The maximum absolute atomic E-state index is 9.83. The van der Waals surface area contributed by atoms with Crippen LogP contribution in [0.5, 0.6) is 0 Å². The standard InChI is InChI=1S/C19H33N/c1-3-5-6-8-17-9-10-18-13-16(7-4-2)11-12-19(18,14-17)15-20/h16-18H,3-14H2,1-2H3. The first kappa shape index (κ1) is 15.9. The third-order valence-electron chi connectivity index (χ3n) is 6.11. The van der Waals surface area contributed by atoms with Crippen molar-refractivity contribution in [2.75, 3.05) is 0 Å². The molecule has 2 aliphatic rings. The Labute approximate surface area is 126 Å². The molecule has 0 aromatic heterocycles. The van der Waals surface area contributed by atoms with Gasteiger partial charge in [-0.3, -0.25) is 0 Å². The van der Waals surface area contributed by atoms with E-state index in [0.717, 1.165) is 17.8 Å². The molecule has 20 heavy (non-hydrogen) atoms. The molecule has 0 heterocycles. The summed E-state index contributed by atoms with van der Waals surface area (Å²) >= 11 is 0. The van der Waals surface area contributed by atoms with Crippen molar-refractivity contribution in [2.45, 2.75) is 90.9 Å². The molecule has 0 spiro atoms. The Hall–Kier alpha value is -0.510. The summed E-state index contributed by atoms with van der Waals surface area (Å²) < 4.78 is 0. The molecule has 0 amide bonds. The smallest absolute Gasteiger partial charge is 0.0692 e. The third-order valence-corrected chi connectivity index (χ3v) is 6.11. The second-order valence-corrected chi connectivity index (χ2v) is 7.54. The van der Waals surface area contributed by atoms with Crippen LogP contribution in [-0.4, -0.2) is 0 Å². The van der Waals surface area contributed by atoms with Crippen LogP contribution in [0.15, 0.2) is 0 Å². The predicted molar refractivity (Wildman–Crippen MR) is 85.3 cm³/mol. The Bertz CT molecular complexity index is 329. The van der Waals surface area contributed by atoms with Crippen molar-refractivity contribution in [3.8, 4) is 6.07 Å². The van der Waals surface area contributed by atoms with Crippen molar-refractivity contribution in [1.29, 1.82) is 5.26 Å². The Kier molecular flexibility index (Phi) is 5.94. The van der Waals surface area contributed by atoms with E-state index in [0.29, 0.717) is 0 Å². The minimum absolute atomic E-state index is 0.0688. The van der Waals surface area contributed by atoms with Gasteiger partial charge in [0.1, 0.15) is 0 Å². The lowest BCUT2D eigenvalue weighted by Gasteiger charge is -2.48. The maximum Gasteiger partial charge on any atom is 0.0692 e. The van der Waals surface area contributed by atoms with Crippen LogP contribution in [0.1, 0.15) is 90.9 Å². The second kappa shape index (κ2) is 7.48. The highest BCUT2D eigenvalue weighted by Gasteiger charge is 2.47. The normalized spacial score (nSPS) is 37.1. The Morgan fingerprint density at radius 3 is 2.55 bits per heavy atom. The molecule has 1 heteroatoms. The highest BCUT2D eigenvalue weighted by Crippen LogP contribution is 2.54. The molecule has 4 unspecified atom stereocenters. The van der Waals surface area contributed by atoms with Crippen LogP contribution < -0.4 is 0 Å². The molecule has 114 valence electrons. The fraction of sp³-hybridized carbons (Fsp3) is 0.947. The highest BCUT2D eigenvalue weighted by atomic mass is 14.5. The van der Waals surface area contributed by atoms with Gasteiger partial charge in [-0.1, -0.05) is 58.8 Å². The van der Waals surface area contributed by atoms with Crippen LogP contribution in [-0.2, 0) is 0 Å². The van der Waals surface area contributed by atoms with Crippen LogP contribution in [0.4, 0.5) is 0 Å². The summed E-state index contributed by atoms with van der Waals surface area (Å²) in [5.74, 6) is 2.49. The molecular weight excluding hydrogens is 242 g/mol. The van der Waals surface area contributed by atoms with E-state index >= 15 is 0 Å². The lowest BCUT2D eigenvalue weighted by Crippen LogP contribution is -2.40. The molecule has 0 saturated heterocycles. The average molecular weight is 275 g/mol. The van der Waals surface area contributed by atoms with E-state index in [4.69, 9.17) is 0 Å². The van der Waals surface area contributed by atoms with Gasteiger partial charge in [0.25, 0.3) is 0 Å². The number of nitrogens with zero attached hydrogens (tertiary/aromatic N) is 1. The zero-order chi connectivity index (χ0) is 14.4. The van der Waals surface area contributed by atoms with Crippen molar-refractivity contribution in [3.63, 3.8) is 0 Å². The molecule has 4 atom stereocenters. The van der Waals surface area contributed by atoms with Gasteiger partial charge in [0, 0.05) is 0 Å². The van der Waals surface area contributed by atoms with E-state index in [2.05, 4.69) is 19.9 Å². The van der Waals surface area contributed by atoms with Gasteiger partial charge >= 0.3 is 0 Å². The monoisotopic (exact) mass is 275 g/mol. The van der Waals surface area contributed by atoms with E-state index in [1.54, 1.807) is 0 Å². The number of fused-ring (bicyclic) bond motifs is 1. The number of hydrogen-bond acceptors (Lipinski definition) is 1. The maximum atomic E-state index is 9.83. The molecular formula is C19H33N. The summed E-state index contributed by atoms with van der Waals surface area (Å²) in [6.45, 7) is 4.58. The van der Waals surface area contributed by atoms with E-state index in [1.807, 2.05) is 0 Å². The van der Waals surface area contributed by atoms with E-state index in [9.17, 15) is 5.26 Å². The SMILES string of the molecule is CCCCCC1CCC2CC(CCC)CCC2(C#N)C1. The number of hydrogen-bond donors (Lipinski definition) is 0. The zero-order valence-corrected chi connectivity index (χ0v) is 13.7. The third kappa shape index (κ3) is 3.57. The fourth-order valence-corrected chi connectivity index (χ4v) is 4.92. The van der Waals surface area contributed by atoms with E-state index in [1.165, 1.54) is 77.0 Å². The van der Waals surface area contributed by atoms with Gasteiger partial charge in [-0.2, -0.15) is 5.26 Å². The molecule has 0 aromatic carbocycles. The van der Waals surface area contributed by atoms with E-state index < -0.39 is 0 Å². The van der Waals surface area contributed by atoms with E-state index in [-0.39, 0.29) is 5.41 Å². The van der Waals surface area contributed by atoms with Gasteiger partial charge in [-0.15, -0.1) is 0 Å². The van der Waals surface area contributed by atoms with Crippen molar-refractivity contribution >= 4 is 0 Å².